The summed E-state index contributed by atoms with van der Waals surface area (Å²) in [5, 5.41) is 2.76. The molecule has 0 saturated heterocycles. The molecule has 33 heavy (non-hydrogen) atoms. The summed E-state index contributed by atoms with van der Waals surface area (Å²) in [5.41, 5.74) is 3.21. The monoisotopic (exact) mass is 524 g/mol. The number of halogens is 1. The van der Waals surface area contributed by atoms with E-state index in [0.717, 1.165) is 20.5 Å². The van der Waals surface area contributed by atoms with Crippen LogP contribution >= 0.6 is 27.7 Å². The summed E-state index contributed by atoms with van der Waals surface area (Å²) in [5.74, 6) is 0.468. The van der Waals surface area contributed by atoms with Gasteiger partial charge in [0.05, 0.1) is 0 Å². The third kappa shape index (κ3) is 7.76. The Morgan fingerprint density at radius 1 is 0.970 bits per heavy atom. The lowest BCUT2D eigenvalue weighted by molar-refractivity contribution is -0.140. The van der Waals surface area contributed by atoms with Gasteiger partial charge >= 0.3 is 0 Å². The number of hydrogen-bond acceptors (Lipinski definition) is 3. The fourth-order valence-corrected chi connectivity index (χ4v) is 4.87. The topological polar surface area (TPSA) is 49.4 Å². The number of rotatable bonds is 10. The summed E-state index contributed by atoms with van der Waals surface area (Å²) < 4.78 is 0.946. The SMILES string of the molecule is CNC(=O)C(Cc1ccccc1)N(Cc1cccc(Br)c1)C(=O)CCSc1ccc(C)cc1. The lowest BCUT2D eigenvalue weighted by Crippen LogP contribution is -2.49. The highest BCUT2D eigenvalue weighted by atomic mass is 79.9. The second-order valence-electron chi connectivity index (χ2n) is 7.88. The Bertz CT molecular complexity index is 1060. The quantitative estimate of drug-likeness (QED) is 0.350. The number of nitrogens with zero attached hydrogens (tertiary/aromatic N) is 1. The number of nitrogens with one attached hydrogen (secondary N) is 1. The Morgan fingerprint density at radius 3 is 2.33 bits per heavy atom. The van der Waals surface area contributed by atoms with Crippen molar-refractivity contribution in [3.05, 3.63) is 100 Å². The highest BCUT2D eigenvalue weighted by Gasteiger charge is 2.29. The van der Waals surface area contributed by atoms with Gasteiger partial charge in [0, 0.05) is 41.6 Å². The first-order chi connectivity index (χ1) is 16.0. The van der Waals surface area contributed by atoms with Gasteiger partial charge in [-0.2, -0.15) is 0 Å². The molecule has 1 N–H and O–H groups in total. The van der Waals surface area contributed by atoms with Crippen LogP contribution in [-0.2, 0) is 22.6 Å². The van der Waals surface area contributed by atoms with E-state index in [1.807, 2.05) is 54.6 Å². The van der Waals surface area contributed by atoms with Crippen LogP contribution in [-0.4, -0.2) is 35.6 Å². The average Bonchev–Trinajstić information content (AvgIpc) is 2.82. The van der Waals surface area contributed by atoms with Gasteiger partial charge in [0.15, 0.2) is 0 Å². The average molecular weight is 526 g/mol. The molecule has 2 amide bonds. The van der Waals surface area contributed by atoms with E-state index in [1.165, 1.54) is 5.56 Å². The van der Waals surface area contributed by atoms with Gasteiger partial charge in [0.25, 0.3) is 0 Å². The van der Waals surface area contributed by atoms with E-state index in [9.17, 15) is 9.59 Å². The number of aryl methyl sites for hydroxylation is 1. The minimum atomic E-state index is -0.590. The molecule has 1 atom stereocenters. The van der Waals surface area contributed by atoms with E-state index in [2.05, 4.69) is 52.4 Å². The number of amides is 2. The maximum atomic E-state index is 13.4. The molecule has 0 bridgehead atoms. The summed E-state index contributed by atoms with van der Waals surface area (Å²) in [6.45, 7) is 2.43. The first kappa shape index (κ1) is 25.1. The summed E-state index contributed by atoms with van der Waals surface area (Å²) in [7, 11) is 1.62. The fraction of sp³-hybridized carbons (Fsp3) is 0.259. The zero-order valence-corrected chi connectivity index (χ0v) is 21.4. The Kier molecular flexibility index (Phi) is 9.58. The number of carbonyl (C=O) groups is 2. The molecule has 0 saturated carbocycles. The lowest BCUT2D eigenvalue weighted by Gasteiger charge is -2.31. The summed E-state index contributed by atoms with van der Waals surface area (Å²) in [6, 6.07) is 25.4. The molecule has 0 radical (unpaired) electrons. The minimum absolute atomic E-state index is 0.0286. The van der Waals surface area contributed by atoms with E-state index >= 15 is 0 Å². The number of benzene rings is 3. The second kappa shape index (κ2) is 12.6. The molecule has 172 valence electrons. The molecule has 3 rings (SSSR count). The Labute approximate surface area is 208 Å². The Morgan fingerprint density at radius 2 is 1.67 bits per heavy atom. The van der Waals surface area contributed by atoms with Crippen molar-refractivity contribution in [2.45, 2.75) is 37.2 Å². The molecule has 3 aromatic rings. The molecule has 0 spiro atoms. The Hall–Kier alpha value is -2.57. The van der Waals surface area contributed by atoms with Gasteiger partial charge in [0.1, 0.15) is 6.04 Å². The van der Waals surface area contributed by atoms with Crippen molar-refractivity contribution in [1.82, 2.24) is 10.2 Å². The van der Waals surface area contributed by atoms with Crippen molar-refractivity contribution < 1.29 is 9.59 Å². The second-order valence-corrected chi connectivity index (χ2v) is 9.97. The van der Waals surface area contributed by atoms with Crippen molar-refractivity contribution in [2.75, 3.05) is 12.8 Å². The van der Waals surface area contributed by atoms with Crippen LogP contribution in [0.1, 0.15) is 23.1 Å². The number of thioether (sulfide) groups is 1. The maximum Gasteiger partial charge on any atom is 0.242 e. The molecule has 0 fully saturated rings. The fourth-order valence-electron chi connectivity index (χ4n) is 3.59. The van der Waals surface area contributed by atoms with Gasteiger partial charge < -0.3 is 10.2 Å². The van der Waals surface area contributed by atoms with Crippen molar-refractivity contribution in [3.63, 3.8) is 0 Å². The van der Waals surface area contributed by atoms with E-state index in [0.29, 0.717) is 25.1 Å². The van der Waals surface area contributed by atoms with Crippen molar-refractivity contribution in [1.29, 1.82) is 0 Å². The number of hydrogen-bond donors (Lipinski definition) is 1. The zero-order chi connectivity index (χ0) is 23.6. The van der Waals surface area contributed by atoms with E-state index in [-0.39, 0.29) is 11.8 Å². The predicted molar refractivity (Wildman–Crippen MR) is 139 cm³/mol. The van der Waals surface area contributed by atoms with Crippen LogP contribution in [0.5, 0.6) is 0 Å². The smallest absolute Gasteiger partial charge is 0.242 e. The first-order valence-corrected chi connectivity index (χ1v) is 12.7. The molecule has 3 aromatic carbocycles. The molecule has 1 unspecified atom stereocenters. The zero-order valence-electron chi connectivity index (χ0n) is 19.0. The van der Waals surface area contributed by atoms with Gasteiger partial charge in [0.2, 0.25) is 11.8 Å². The predicted octanol–water partition coefficient (Wildman–Crippen LogP) is 5.63. The molecular weight excluding hydrogens is 496 g/mol. The van der Waals surface area contributed by atoms with Crippen molar-refractivity contribution >= 4 is 39.5 Å². The third-order valence-electron chi connectivity index (χ3n) is 5.37. The molecule has 6 heteroatoms. The van der Waals surface area contributed by atoms with Gasteiger partial charge in [-0.05, 0) is 42.3 Å². The summed E-state index contributed by atoms with van der Waals surface area (Å²) >= 11 is 5.17. The van der Waals surface area contributed by atoms with E-state index in [1.54, 1.807) is 23.7 Å². The van der Waals surface area contributed by atoms with Crippen LogP contribution in [0.25, 0.3) is 0 Å². The molecule has 0 aliphatic heterocycles. The van der Waals surface area contributed by atoms with Crippen LogP contribution in [0.4, 0.5) is 0 Å². The standard InChI is InChI=1S/C27H29BrN2O2S/c1-20-11-13-24(14-12-20)33-16-15-26(31)30(19-22-9-6-10-23(28)17-22)25(27(32)29-2)18-21-7-4-3-5-8-21/h3-14,17,25H,15-16,18-19H2,1-2H3,(H,29,32). The molecule has 0 aliphatic rings. The van der Waals surface area contributed by atoms with Crippen molar-refractivity contribution in [3.8, 4) is 0 Å². The van der Waals surface area contributed by atoms with Crippen LogP contribution in [0, 0.1) is 6.92 Å². The van der Waals surface area contributed by atoms with E-state index < -0.39 is 6.04 Å². The number of carbonyl (C=O) groups excluding carboxylic acids is 2. The van der Waals surface area contributed by atoms with Gasteiger partial charge in [-0.15, -0.1) is 11.8 Å². The summed E-state index contributed by atoms with van der Waals surface area (Å²) in [6.07, 6.45) is 0.820. The van der Waals surface area contributed by atoms with Gasteiger partial charge in [-0.25, -0.2) is 0 Å². The molecular formula is C27H29BrN2O2S. The molecule has 0 aromatic heterocycles. The first-order valence-electron chi connectivity index (χ1n) is 10.9. The van der Waals surface area contributed by atoms with Crippen molar-refractivity contribution in [2.24, 2.45) is 0 Å². The highest BCUT2D eigenvalue weighted by Crippen LogP contribution is 2.22. The highest BCUT2D eigenvalue weighted by molar-refractivity contribution is 9.10. The van der Waals surface area contributed by atoms with Crippen LogP contribution in [0.2, 0.25) is 0 Å². The number of likely N-dealkylation sites (N-methyl/N-ethyl adjacent to an activating group) is 1. The van der Waals surface area contributed by atoms with Crippen LogP contribution in [0.15, 0.2) is 88.2 Å². The minimum Gasteiger partial charge on any atom is -0.357 e. The molecule has 4 nitrogen and oxygen atoms in total. The molecule has 0 aliphatic carbocycles. The van der Waals surface area contributed by atoms with Gasteiger partial charge in [-0.1, -0.05) is 76.1 Å². The van der Waals surface area contributed by atoms with E-state index in [4.69, 9.17) is 0 Å². The van der Waals surface area contributed by atoms with Gasteiger partial charge in [-0.3, -0.25) is 9.59 Å². The normalized spacial score (nSPS) is 11.6. The van der Waals surface area contributed by atoms with Crippen LogP contribution < -0.4 is 5.32 Å². The maximum absolute atomic E-state index is 13.4. The van der Waals surface area contributed by atoms with Crippen LogP contribution in [0.3, 0.4) is 0 Å². The lowest BCUT2D eigenvalue weighted by atomic mass is 10.0. The summed E-state index contributed by atoms with van der Waals surface area (Å²) in [4.78, 5) is 29.2. The molecule has 0 heterocycles. The Balaban J connectivity index is 1.80. The third-order valence-corrected chi connectivity index (χ3v) is 6.87. The largest absolute Gasteiger partial charge is 0.357 e.